The van der Waals surface area contributed by atoms with Gasteiger partial charge in [0.25, 0.3) is 0 Å². The fraction of sp³-hybridized carbons (Fsp3) is 0.0476. The minimum Gasteiger partial charge on any atom is -0.368 e. The first-order valence-corrected chi connectivity index (χ1v) is 8.32. The fourth-order valence-corrected chi connectivity index (χ4v) is 2.96. The molecule has 1 aromatic carbocycles. The second kappa shape index (κ2) is 7.11. The van der Waals surface area contributed by atoms with Gasteiger partial charge in [0.15, 0.2) is 0 Å². The molecule has 0 saturated carbocycles. The zero-order chi connectivity index (χ0) is 17.8. The van der Waals surface area contributed by atoms with Crippen LogP contribution in [0.25, 0.3) is 22.5 Å². The smallest absolute Gasteiger partial charge is 0.221 e. The third kappa shape index (κ3) is 3.28. The molecule has 0 amide bonds. The van der Waals surface area contributed by atoms with Crippen LogP contribution in [-0.2, 0) is 6.42 Å². The minimum atomic E-state index is 0.243. The molecule has 0 aliphatic heterocycles. The second-order valence-corrected chi connectivity index (χ2v) is 5.90. The van der Waals surface area contributed by atoms with Gasteiger partial charge in [0, 0.05) is 47.9 Å². The van der Waals surface area contributed by atoms with Crippen molar-refractivity contribution in [2.24, 2.45) is 0 Å². The van der Waals surface area contributed by atoms with Crippen molar-refractivity contribution in [1.29, 1.82) is 0 Å². The summed E-state index contributed by atoms with van der Waals surface area (Å²) in [5, 5.41) is 0. The number of hydrogen-bond donors (Lipinski definition) is 1. The average Bonchev–Trinajstić information content (AvgIpc) is 2.71. The highest BCUT2D eigenvalue weighted by Gasteiger charge is 2.17. The Labute approximate surface area is 151 Å². The first-order chi connectivity index (χ1) is 12.8. The summed E-state index contributed by atoms with van der Waals surface area (Å²) in [6.45, 7) is 0. The van der Waals surface area contributed by atoms with Crippen molar-refractivity contribution in [1.82, 2.24) is 19.9 Å². The van der Waals surface area contributed by atoms with E-state index in [4.69, 9.17) is 5.73 Å². The normalized spacial score (nSPS) is 10.6. The molecular weight excluding hydrogens is 322 g/mol. The van der Waals surface area contributed by atoms with E-state index in [0.29, 0.717) is 6.42 Å². The number of anilines is 1. The molecule has 0 atom stereocenters. The predicted octanol–water partition coefficient (Wildman–Crippen LogP) is 3.77. The number of nitrogen functional groups attached to an aromatic ring is 1. The lowest BCUT2D eigenvalue weighted by Gasteiger charge is -2.15. The molecule has 3 aromatic heterocycles. The Bertz CT molecular complexity index is 942. The maximum atomic E-state index is 6.04. The summed E-state index contributed by atoms with van der Waals surface area (Å²) in [4.78, 5) is 17.4. The van der Waals surface area contributed by atoms with Crippen LogP contribution >= 0.6 is 0 Å². The molecule has 0 aliphatic carbocycles. The van der Waals surface area contributed by atoms with Crippen LogP contribution in [0.5, 0.6) is 0 Å². The van der Waals surface area contributed by atoms with E-state index in [1.165, 1.54) is 5.56 Å². The van der Waals surface area contributed by atoms with Crippen molar-refractivity contribution < 1.29 is 0 Å². The van der Waals surface area contributed by atoms with E-state index in [2.05, 4.69) is 32.1 Å². The molecule has 0 aliphatic rings. The van der Waals surface area contributed by atoms with E-state index in [-0.39, 0.29) is 5.95 Å². The molecule has 4 aromatic rings. The largest absolute Gasteiger partial charge is 0.368 e. The Morgan fingerprint density at radius 1 is 0.692 bits per heavy atom. The highest BCUT2D eigenvalue weighted by molar-refractivity contribution is 5.75. The number of nitrogens with zero attached hydrogens (tertiary/aromatic N) is 4. The summed E-state index contributed by atoms with van der Waals surface area (Å²) < 4.78 is 0. The van der Waals surface area contributed by atoms with Gasteiger partial charge in [-0.25, -0.2) is 9.97 Å². The van der Waals surface area contributed by atoms with Gasteiger partial charge in [0.2, 0.25) is 5.95 Å². The quantitative estimate of drug-likeness (QED) is 0.612. The SMILES string of the molecule is Nc1nc(-c2ccncc2)c(Cc2ccccc2)c(-c2cccnc2)n1. The van der Waals surface area contributed by atoms with Crippen LogP contribution in [0.15, 0.2) is 79.4 Å². The molecule has 0 saturated heterocycles. The molecule has 0 unspecified atom stereocenters. The summed E-state index contributed by atoms with van der Waals surface area (Å²) in [7, 11) is 0. The van der Waals surface area contributed by atoms with Gasteiger partial charge in [0.05, 0.1) is 11.4 Å². The maximum absolute atomic E-state index is 6.04. The molecule has 5 heteroatoms. The lowest BCUT2D eigenvalue weighted by Crippen LogP contribution is -2.06. The van der Waals surface area contributed by atoms with E-state index in [9.17, 15) is 0 Å². The predicted molar refractivity (Wildman–Crippen MR) is 102 cm³/mol. The van der Waals surface area contributed by atoms with Crippen LogP contribution in [0, 0.1) is 0 Å². The van der Waals surface area contributed by atoms with Gasteiger partial charge < -0.3 is 5.73 Å². The third-order valence-electron chi connectivity index (χ3n) is 4.14. The summed E-state index contributed by atoms with van der Waals surface area (Å²) in [6, 6.07) is 18.0. The van der Waals surface area contributed by atoms with Crippen LogP contribution in [0.2, 0.25) is 0 Å². The van der Waals surface area contributed by atoms with E-state index in [1.807, 2.05) is 42.5 Å². The Morgan fingerprint density at radius 3 is 2.12 bits per heavy atom. The zero-order valence-corrected chi connectivity index (χ0v) is 14.1. The standard InChI is InChI=1S/C21H17N5/c22-21-25-19(16-8-11-23-12-9-16)18(13-15-5-2-1-3-6-15)20(26-21)17-7-4-10-24-14-17/h1-12,14H,13H2,(H2,22,25,26). The van der Waals surface area contributed by atoms with Crippen LogP contribution in [0.3, 0.4) is 0 Å². The first kappa shape index (κ1) is 15.9. The zero-order valence-electron chi connectivity index (χ0n) is 14.1. The summed E-state index contributed by atoms with van der Waals surface area (Å²) in [5.41, 5.74) is 11.7. The van der Waals surface area contributed by atoms with Crippen LogP contribution in [0.4, 0.5) is 5.95 Å². The molecule has 0 bridgehead atoms. The van der Waals surface area contributed by atoms with Gasteiger partial charge in [-0.05, 0) is 29.8 Å². The monoisotopic (exact) mass is 339 g/mol. The van der Waals surface area contributed by atoms with Crippen molar-refractivity contribution >= 4 is 5.95 Å². The molecule has 2 N–H and O–H groups in total. The fourth-order valence-electron chi connectivity index (χ4n) is 2.96. The van der Waals surface area contributed by atoms with Gasteiger partial charge in [-0.1, -0.05) is 30.3 Å². The molecular formula is C21H17N5. The summed E-state index contributed by atoms with van der Waals surface area (Å²) >= 11 is 0. The van der Waals surface area contributed by atoms with Crippen molar-refractivity contribution in [3.05, 3.63) is 90.5 Å². The first-order valence-electron chi connectivity index (χ1n) is 8.32. The Hall–Kier alpha value is -3.60. The van der Waals surface area contributed by atoms with Gasteiger partial charge >= 0.3 is 0 Å². The van der Waals surface area contributed by atoms with E-state index >= 15 is 0 Å². The lowest BCUT2D eigenvalue weighted by atomic mass is 9.96. The van der Waals surface area contributed by atoms with E-state index < -0.39 is 0 Å². The van der Waals surface area contributed by atoms with E-state index in [1.54, 1.807) is 24.8 Å². The molecule has 26 heavy (non-hydrogen) atoms. The summed E-state index contributed by atoms with van der Waals surface area (Å²) in [5.74, 6) is 0.243. The average molecular weight is 339 g/mol. The Balaban J connectivity index is 1.95. The third-order valence-corrected chi connectivity index (χ3v) is 4.14. The molecule has 3 heterocycles. The van der Waals surface area contributed by atoms with Crippen molar-refractivity contribution in [3.63, 3.8) is 0 Å². The van der Waals surface area contributed by atoms with Gasteiger partial charge in [-0.15, -0.1) is 0 Å². The number of nitrogens with two attached hydrogens (primary N) is 1. The Morgan fingerprint density at radius 2 is 1.42 bits per heavy atom. The van der Waals surface area contributed by atoms with Crippen LogP contribution < -0.4 is 5.73 Å². The van der Waals surface area contributed by atoms with Gasteiger partial charge in [0.1, 0.15) is 0 Å². The Kier molecular flexibility index (Phi) is 4.35. The maximum Gasteiger partial charge on any atom is 0.221 e. The molecule has 0 fully saturated rings. The minimum absolute atomic E-state index is 0.243. The molecule has 0 spiro atoms. The number of aromatic nitrogens is 4. The number of hydrogen-bond acceptors (Lipinski definition) is 5. The van der Waals surface area contributed by atoms with Gasteiger partial charge in [-0.2, -0.15) is 0 Å². The number of pyridine rings is 2. The van der Waals surface area contributed by atoms with Crippen molar-refractivity contribution in [3.8, 4) is 22.5 Å². The topological polar surface area (TPSA) is 77.6 Å². The van der Waals surface area contributed by atoms with Crippen LogP contribution in [-0.4, -0.2) is 19.9 Å². The van der Waals surface area contributed by atoms with Crippen molar-refractivity contribution in [2.45, 2.75) is 6.42 Å². The molecule has 0 radical (unpaired) electrons. The highest BCUT2D eigenvalue weighted by atomic mass is 15.0. The lowest BCUT2D eigenvalue weighted by molar-refractivity contribution is 1.09. The second-order valence-electron chi connectivity index (χ2n) is 5.90. The molecule has 5 nitrogen and oxygen atoms in total. The van der Waals surface area contributed by atoms with Gasteiger partial charge in [-0.3, -0.25) is 9.97 Å². The highest BCUT2D eigenvalue weighted by Crippen LogP contribution is 2.31. The molecule has 4 rings (SSSR count). The van der Waals surface area contributed by atoms with Crippen LogP contribution in [0.1, 0.15) is 11.1 Å². The number of benzene rings is 1. The molecule has 126 valence electrons. The van der Waals surface area contributed by atoms with E-state index in [0.717, 1.165) is 28.1 Å². The van der Waals surface area contributed by atoms with Crippen molar-refractivity contribution in [2.75, 3.05) is 5.73 Å². The number of rotatable bonds is 4. The summed E-state index contributed by atoms with van der Waals surface area (Å²) in [6.07, 6.45) is 7.75.